The van der Waals surface area contributed by atoms with Crippen LogP contribution < -0.4 is 4.72 Å². The van der Waals surface area contributed by atoms with Gasteiger partial charge in [-0.2, -0.15) is 0 Å². The van der Waals surface area contributed by atoms with Crippen molar-refractivity contribution in [2.75, 3.05) is 24.6 Å². The number of pyridine rings is 1. The first-order valence-electron chi connectivity index (χ1n) is 11.1. The molecule has 0 saturated carbocycles. The number of hydrogen-bond donors (Lipinski definition) is 2. The van der Waals surface area contributed by atoms with Gasteiger partial charge in [0.15, 0.2) is 0 Å². The average Bonchev–Trinajstić information content (AvgIpc) is 3.54. The lowest BCUT2D eigenvalue weighted by atomic mass is 10.0. The van der Waals surface area contributed by atoms with Gasteiger partial charge in [-0.15, -0.1) is 0 Å². The van der Waals surface area contributed by atoms with Gasteiger partial charge in [-0.25, -0.2) is 18.1 Å². The molecule has 2 aliphatic rings. The Labute approximate surface area is 195 Å². The van der Waals surface area contributed by atoms with Crippen molar-refractivity contribution in [1.29, 1.82) is 0 Å². The number of carbonyl (C=O) groups excluding carboxylic acids is 1. The normalized spacial score (nSPS) is 21.2. The summed E-state index contributed by atoms with van der Waals surface area (Å²) >= 11 is 0. The van der Waals surface area contributed by atoms with E-state index < -0.39 is 20.8 Å². The van der Waals surface area contributed by atoms with E-state index >= 15 is 0 Å². The Morgan fingerprint density at radius 3 is 2.64 bits per heavy atom. The van der Waals surface area contributed by atoms with Crippen molar-refractivity contribution in [3.05, 3.63) is 48.3 Å². The molecule has 174 valence electrons. The van der Waals surface area contributed by atoms with Crippen LogP contribution in [0.3, 0.4) is 0 Å². The van der Waals surface area contributed by atoms with Crippen molar-refractivity contribution >= 4 is 37.8 Å². The highest BCUT2D eigenvalue weighted by Gasteiger charge is 2.26. The summed E-state index contributed by atoms with van der Waals surface area (Å²) in [4.78, 5) is 22.3. The van der Waals surface area contributed by atoms with Gasteiger partial charge in [0.25, 0.3) is 0 Å². The molecule has 1 amide bonds. The molecule has 0 radical (unpaired) electrons. The van der Waals surface area contributed by atoms with Gasteiger partial charge in [-0.3, -0.25) is 9.00 Å². The minimum Gasteiger partial charge on any atom is -0.343 e. The number of likely N-dealkylation sites (tertiary alicyclic amines) is 1. The number of H-pyrrole nitrogens is 1. The number of nitrogens with one attached hydrogen (secondary N) is 2. The molecule has 2 aromatic heterocycles. The number of rotatable bonds is 6. The van der Waals surface area contributed by atoms with Gasteiger partial charge >= 0.3 is 0 Å². The number of benzene rings is 1. The molecule has 3 aromatic rings. The van der Waals surface area contributed by atoms with Crippen molar-refractivity contribution in [3.8, 4) is 11.1 Å². The zero-order valence-electron chi connectivity index (χ0n) is 18.1. The van der Waals surface area contributed by atoms with E-state index in [1.165, 1.54) is 0 Å². The molecule has 2 fully saturated rings. The Balaban J connectivity index is 1.37. The van der Waals surface area contributed by atoms with Crippen LogP contribution in [-0.4, -0.2) is 64.0 Å². The molecular formula is C23H26N4O4S2. The van der Waals surface area contributed by atoms with E-state index in [2.05, 4.69) is 14.7 Å². The molecule has 0 bridgehead atoms. The second kappa shape index (κ2) is 9.00. The molecule has 2 N–H and O–H groups in total. The largest absolute Gasteiger partial charge is 0.343 e. The summed E-state index contributed by atoms with van der Waals surface area (Å²) in [5.41, 5.74) is 3.29. The zero-order chi connectivity index (χ0) is 23.0. The van der Waals surface area contributed by atoms with Gasteiger partial charge in [0.2, 0.25) is 15.9 Å². The lowest BCUT2D eigenvalue weighted by Gasteiger charge is -2.14. The Morgan fingerprint density at radius 2 is 1.94 bits per heavy atom. The summed E-state index contributed by atoms with van der Waals surface area (Å²) in [5, 5.41) is 0.892. The maximum absolute atomic E-state index is 12.7. The van der Waals surface area contributed by atoms with Gasteiger partial charge in [0.1, 0.15) is 5.65 Å². The third kappa shape index (κ3) is 4.73. The first-order chi connectivity index (χ1) is 15.9. The number of nitrogens with zero attached hydrogens (tertiary/aromatic N) is 2. The van der Waals surface area contributed by atoms with E-state index in [0.717, 1.165) is 48.1 Å². The average molecular weight is 487 g/mol. The van der Waals surface area contributed by atoms with Crippen LogP contribution in [0.15, 0.2) is 47.5 Å². The first kappa shape index (κ1) is 22.2. The topological polar surface area (TPSA) is 112 Å². The molecule has 4 heterocycles. The first-order valence-corrected chi connectivity index (χ1v) is 14.1. The summed E-state index contributed by atoms with van der Waals surface area (Å²) in [5.74, 6) is 1.02. The van der Waals surface area contributed by atoms with E-state index in [9.17, 15) is 17.4 Å². The minimum absolute atomic E-state index is 0.119. The van der Waals surface area contributed by atoms with E-state index in [-0.39, 0.29) is 16.8 Å². The van der Waals surface area contributed by atoms with Crippen LogP contribution in [0.4, 0.5) is 0 Å². The Hall–Kier alpha value is -2.56. The fraction of sp³-hybridized carbons (Fsp3) is 0.391. The van der Waals surface area contributed by atoms with E-state index in [1.807, 2.05) is 17.0 Å². The molecule has 0 aliphatic carbocycles. The summed E-state index contributed by atoms with van der Waals surface area (Å²) in [6.45, 7) is 1.65. The fourth-order valence-electron chi connectivity index (χ4n) is 4.53. The molecule has 2 atom stereocenters. The third-order valence-electron chi connectivity index (χ3n) is 6.27. The maximum Gasteiger partial charge on any atom is 0.240 e. The van der Waals surface area contributed by atoms with Crippen LogP contribution in [0.5, 0.6) is 0 Å². The highest BCUT2D eigenvalue weighted by atomic mass is 32.2. The number of hydrogen-bond acceptors (Lipinski definition) is 5. The molecule has 2 saturated heterocycles. The van der Waals surface area contributed by atoms with Crippen LogP contribution >= 0.6 is 0 Å². The Bertz CT molecular complexity index is 1310. The predicted molar refractivity (Wildman–Crippen MR) is 128 cm³/mol. The molecule has 5 rings (SSSR count). The highest BCUT2D eigenvalue weighted by Crippen LogP contribution is 2.29. The van der Waals surface area contributed by atoms with Gasteiger partial charge in [0, 0.05) is 58.7 Å². The number of sulfonamides is 1. The molecule has 1 aromatic carbocycles. The van der Waals surface area contributed by atoms with Gasteiger partial charge < -0.3 is 9.88 Å². The van der Waals surface area contributed by atoms with Crippen molar-refractivity contribution in [3.63, 3.8) is 0 Å². The van der Waals surface area contributed by atoms with E-state index in [1.54, 1.807) is 30.5 Å². The predicted octanol–water partition coefficient (Wildman–Crippen LogP) is 2.19. The second-order valence-electron chi connectivity index (χ2n) is 8.62. The van der Waals surface area contributed by atoms with Gasteiger partial charge in [-0.1, -0.05) is 12.1 Å². The van der Waals surface area contributed by atoms with Crippen molar-refractivity contribution in [1.82, 2.24) is 19.6 Å². The van der Waals surface area contributed by atoms with Crippen molar-refractivity contribution in [2.24, 2.45) is 0 Å². The van der Waals surface area contributed by atoms with Gasteiger partial charge in [-0.05, 0) is 54.7 Å². The quantitative estimate of drug-likeness (QED) is 0.555. The molecular weight excluding hydrogens is 460 g/mol. The van der Waals surface area contributed by atoms with Crippen LogP contribution in [-0.2, 0) is 32.0 Å². The molecule has 2 aliphatic heterocycles. The third-order valence-corrected chi connectivity index (χ3v) is 9.27. The molecule has 10 heteroatoms. The molecule has 33 heavy (non-hydrogen) atoms. The van der Waals surface area contributed by atoms with Crippen LogP contribution in [0.25, 0.3) is 22.2 Å². The van der Waals surface area contributed by atoms with Crippen molar-refractivity contribution < 1.29 is 17.4 Å². The van der Waals surface area contributed by atoms with Crippen LogP contribution in [0.2, 0.25) is 0 Å². The standard InChI is InChI=1S/C23H26N4O4S2/c28-22(27-10-1-2-11-27)14-18-13-21-20(7-9-24-23(21)25-18)16-3-5-19(6-4-16)33(30,31)26-17-8-12-32(29)15-17/h3-7,9,13,17,26H,1-2,8,10-12,14-15H2,(H,24,25). The molecule has 8 nitrogen and oxygen atoms in total. The number of aromatic nitrogens is 2. The Morgan fingerprint density at radius 1 is 1.18 bits per heavy atom. The number of fused-ring (bicyclic) bond motifs is 1. The number of aromatic amines is 1. The Kier molecular flexibility index (Phi) is 6.07. The highest BCUT2D eigenvalue weighted by molar-refractivity contribution is 7.89. The summed E-state index contributed by atoms with van der Waals surface area (Å²) in [7, 11) is -4.62. The maximum atomic E-state index is 12.7. The van der Waals surface area contributed by atoms with Crippen LogP contribution in [0.1, 0.15) is 25.0 Å². The smallest absolute Gasteiger partial charge is 0.240 e. The monoisotopic (exact) mass is 486 g/mol. The van der Waals surface area contributed by atoms with Gasteiger partial charge in [0.05, 0.1) is 11.3 Å². The lowest BCUT2D eigenvalue weighted by Crippen LogP contribution is -2.35. The lowest BCUT2D eigenvalue weighted by molar-refractivity contribution is -0.129. The summed E-state index contributed by atoms with van der Waals surface area (Å²) in [6, 6.07) is 10.3. The minimum atomic E-state index is -3.67. The molecule has 0 spiro atoms. The number of carbonyl (C=O) groups is 1. The van der Waals surface area contributed by atoms with E-state index in [0.29, 0.717) is 30.0 Å². The zero-order valence-corrected chi connectivity index (χ0v) is 19.8. The summed E-state index contributed by atoms with van der Waals surface area (Å²) in [6.07, 6.45) is 4.73. The fourth-order valence-corrected chi connectivity index (χ4v) is 7.32. The van der Waals surface area contributed by atoms with E-state index in [4.69, 9.17) is 0 Å². The molecule has 2 unspecified atom stereocenters. The summed E-state index contributed by atoms with van der Waals surface area (Å²) < 4.78 is 39.6. The SMILES string of the molecule is O=C(Cc1cc2c(-c3ccc(S(=O)(=O)NC4CCS(=O)C4)cc3)ccnc2[nH]1)N1CCCC1. The number of amides is 1. The van der Waals surface area contributed by atoms with Crippen molar-refractivity contribution in [2.45, 2.75) is 36.6 Å². The van der Waals surface area contributed by atoms with Crippen LogP contribution in [0, 0.1) is 0 Å². The second-order valence-corrected chi connectivity index (χ2v) is 12.0.